The van der Waals surface area contributed by atoms with Gasteiger partial charge in [0, 0.05) is 23.9 Å². The van der Waals surface area contributed by atoms with E-state index in [1.807, 2.05) is 23.6 Å². The molecule has 0 fully saturated rings. The highest BCUT2D eigenvalue weighted by atomic mass is 32.1. The van der Waals surface area contributed by atoms with Crippen molar-refractivity contribution in [2.45, 2.75) is 6.92 Å². The molecule has 0 radical (unpaired) electrons. The van der Waals surface area contributed by atoms with Crippen LogP contribution in [0.15, 0.2) is 29.6 Å². The number of carbonyl (C=O) groups is 2. The van der Waals surface area contributed by atoms with Crippen molar-refractivity contribution in [1.82, 2.24) is 4.90 Å². The molecule has 100 valence electrons. The summed E-state index contributed by atoms with van der Waals surface area (Å²) in [5.74, 6) is -1.62. The Morgan fingerprint density at radius 1 is 1.37 bits per heavy atom. The summed E-state index contributed by atoms with van der Waals surface area (Å²) < 4.78 is 1.14. The van der Waals surface area contributed by atoms with E-state index in [-0.39, 0.29) is 12.5 Å². The van der Waals surface area contributed by atoms with Gasteiger partial charge in [-0.2, -0.15) is 0 Å². The summed E-state index contributed by atoms with van der Waals surface area (Å²) in [6.45, 7) is 1.80. The van der Waals surface area contributed by atoms with Crippen LogP contribution in [0.25, 0.3) is 10.1 Å². The van der Waals surface area contributed by atoms with Gasteiger partial charge in [-0.15, -0.1) is 11.3 Å². The molecule has 2 rings (SSSR count). The highest BCUT2D eigenvalue weighted by molar-refractivity contribution is 7.17. The Hall–Kier alpha value is -1.88. The van der Waals surface area contributed by atoms with E-state index in [0.717, 1.165) is 10.1 Å². The maximum absolute atomic E-state index is 12.2. The van der Waals surface area contributed by atoms with Crippen LogP contribution >= 0.6 is 11.3 Å². The summed E-state index contributed by atoms with van der Waals surface area (Å²) in [4.78, 5) is 24.5. The van der Waals surface area contributed by atoms with E-state index in [4.69, 9.17) is 5.11 Å². The SMILES string of the molecule is CC(CN(C)C(=O)c1ccc2sccc2c1)C(=O)O. The van der Waals surface area contributed by atoms with Gasteiger partial charge in [0.1, 0.15) is 0 Å². The second kappa shape index (κ2) is 5.40. The maximum Gasteiger partial charge on any atom is 0.308 e. The third-order valence-corrected chi connectivity index (χ3v) is 3.91. The Bertz CT molecular complexity index is 620. The van der Waals surface area contributed by atoms with Gasteiger partial charge in [-0.3, -0.25) is 9.59 Å². The van der Waals surface area contributed by atoms with Crippen LogP contribution in [0.2, 0.25) is 0 Å². The van der Waals surface area contributed by atoms with Crippen LogP contribution in [0.5, 0.6) is 0 Å². The molecule has 5 heteroatoms. The lowest BCUT2D eigenvalue weighted by Crippen LogP contribution is -2.33. The van der Waals surface area contributed by atoms with Gasteiger partial charge in [0.05, 0.1) is 5.92 Å². The van der Waals surface area contributed by atoms with Crippen molar-refractivity contribution < 1.29 is 14.7 Å². The van der Waals surface area contributed by atoms with Crippen LogP contribution in [0.1, 0.15) is 17.3 Å². The molecule has 1 aromatic heterocycles. The van der Waals surface area contributed by atoms with Gasteiger partial charge in [0.2, 0.25) is 0 Å². The van der Waals surface area contributed by atoms with E-state index in [9.17, 15) is 9.59 Å². The molecule has 0 spiro atoms. The van der Waals surface area contributed by atoms with Crippen LogP contribution in [0.3, 0.4) is 0 Å². The van der Waals surface area contributed by atoms with E-state index in [1.54, 1.807) is 31.4 Å². The number of carboxylic acid groups (broad SMARTS) is 1. The summed E-state index contributed by atoms with van der Waals surface area (Å²) in [5, 5.41) is 11.9. The first-order valence-corrected chi connectivity index (χ1v) is 6.82. The minimum atomic E-state index is -0.895. The molecule has 1 unspecified atom stereocenters. The van der Waals surface area contributed by atoms with E-state index in [1.165, 1.54) is 4.90 Å². The Labute approximate surface area is 115 Å². The molecule has 0 aliphatic carbocycles. The molecule has 0 bridgehead atoms. The fourth-order valence-electron chi connectivity index (χ4n) is 1.89. The zero-order chi connectivity index (χ0) is 14.0. The highest BCUT2D eigenvalue weighted by Gasteiger charge is 2.18. The van der Waals surface area contributed by atoms with Crippen molar-refractivity contribution in [3.63, 3.8) is 0 Å². The molecule has 19 heavy (non-hydrogen) atoms. The minimum absolute atomic E-state index is 0.152. The number of rotatable bonds is 4. The Balaban J connectivity index is 2.16. The molecule has 0 aliphatic heterocycles. The predicted molar refractivity (Wildman–Crippen MR) is 75.6 cm³/mol. The fraction of sp³-hybridized carbons (Fsp3) is 0.286. The van der Waals surface area contributed by atoms with E-state index in [0.29, 0.717) is 5.56 Å². The van der Waals surface area contributed by atoms with Crippen molar-refractivity contribution in [2.24, 2.45) is 5.92 Å². The average molecular weight is 277 g/mol. The van der Waals surface area contributed by atoms with Crippen molar-refractivity contribution in [2.75, 3.05) is 13.6 Å². The largest absolute Gasteiger partial charge is 0.481 e. The van der Waals surface area contributed by atoms with Gasteiger partial charge in [0.25, 0.3) is 5.91 Å². The summed E-state index contributed by atoms with van der Waals surface area (Å²) in [5.41, 5.74) is 0.589. The van der Waals surface area contributed by atoms with E-state index < -0.39 is 11.9 Å². The van der Waals surface area contributed by atoms with Crippen LogP contribution in [-0.4, -0.2) is 35.5 Å². The van der Waals surface area contributed by atoms with Gasteiger partial charge in [-0.25, -0.2) is 0 Å². The lowest BCUT2D eigenvalue weighted by Gasteiger charge is -2.19. The van der Waals surface area contributed by atoms with Gasteiger partial charge in [-0.05, 0) is 35.0 Å². The fourth-order valence-corrected chi connectivity index (χ4v) is 2.66. The van der Waals surface area contributed by atoms with Crippen LogP contribution in [-0.2, 0) is 4.79 Å². The number of amides is 1. The zero-order valence-corrected chi connectivity index (χ0v) is 11.6. The van der Waals surface area contributed by atoms with E-state index >= 15 is 0 Å². The van der Waals surface area contributed by atoms with Gasteiger partial charge < -0.3 is 10.0 Å². The molecule has 2 aromatic rings. The number of hydrogen-bond acceptors (Lipinski definition) is 3. The maximum atomic E-state index is 12.2. The van der Waals surface area contributed by atoms with E-state index in [2.05, 4.69) is 0 Å². The lowest BCUT2D eigenvalue weighted by molar-refractivity contribution is -0.141. The number of hydrogen-bond donors (Lipinski definition) is 1. The van der Waals surface area contributed by atoms with Gasteiger partial charge in [0.15, 0.2) is 0 Å². The number of thiophene rings is 1. The average Bonchev–Trinajstić information content (AvgIpc) is 2.84. The monoisotopic (exact) mass is 277 g/mol. The summed E-state index contributed by atoms with van der Waals surface area (Å²) >= 11 is 1.63. The third-order valence-electron chi connectivity index (χ3n) is 3.02. The Kier molecular flexibility index (Phi) is 3.85. The van der Waals surface area contributed by atoms with Crippen molar-refractivity contribution >= 4 is 33.3 Å². The second-order valence-electron chi connectivity index (χ2n) is 4.60. The molecule has 1 amide bonds. The topological polar surface area (TPSA) is 57.6 Å². The van der Waals surface area contributed by atoms with Crippen molar-refractivity contribution in [1.29, 1.82) is 0 Å². The molecule has 0 aliphatic rings. The minimum Gasteiger partial charge on any atom is -0.481 e. The number of aliphatic carboxylic acids is 1. The molecule has 1 aromatic carbocycles. The van der Waals surface area contributed by atoms with Crippen molar-refractivity contribution in [3.05, 3.63) is 35.2 Å². The lowest BCUT2D eigenvalue weighted by atomic mass is 10.1. The molecule has 0 saturated carbocycles. The van der Waals surface area contributed by atoms with Crippen LogP contribution in [0.4, 0.5) is 0 Å². The number of nitrogens with zero attached hydrogens (tertiary/aromatic N) is 1. The normalized spacial score (nSPS) is 12.3. The van der Waals surface area contributed by atoms with Crippen LogP contribution < -0.4 is 0 Å². The van der Waals surface area contributed by atoms with Crippen LogP contribution in [0, 0.1) is 5.92 Å². The highest BCUT2D eigenvalue weighted by Crippen LogP contribution is 2.22. The van der Waals surface area contributed by atoms with Gasteiger partial charge >= 0.3 is 5.97 Å². The summed E-state index contributed by atoms with van der Waals surface area (Å²) in [6.07, 6.45) is 0. The van der Waals surface area contributed by atoms with Gasteiger partial charge in [-0.1, -0.05) is 6.92 Å². The molecule has 1 N–H and O–H groups in total. The molecular formula is C14H15NO3S. The summed E-state index contributed by atoms with van der Waals surface area (Å²) in [6, 6.07) is 7.51. The first-order valence-electron chi connectivity index (χ1n) is 5.94. The Morgan fingerprint density at radius 3 is 2.79 bits per heavy atom. The number of fused-ring (bicyclic) bond motifs is 1. The molecular weight excluding hydrogens is 262 g/mol. The first-order chi connectivity index (χ1) is 8.99. The second-order valence-corrected chi connectivity index (χ2v) is 5.55. The number of benzene rings is 1. The quantitative estimate of drug-likeness (QED) is 0.934. The Morgan fingerprint density at radius 2 is 2.11 bits per heavy atom. The van der Waals surface area contributed by atoms with Crippen molar-refractivity contribution in [3.8, 4) is 0 Å². The third kappa shape index (κ3) is 2.93. The molecule has 0 saturated heterocycles. The summed E-state index contributed by atoms with van der Waals surface area (Å²) in [7, 11) is 1.62. The predicted octanol–water partition coefficient (Wildman–Crippen LogP) is 2.69. The molecule has 1 heterocycles. The molecule has 4 nitrogen and oxygen atoms in total. The number of carboxylic acids is 1. The standard InChI is InChI=1S/C14H15NO3S/c1-9(14(17)18)8-15(2)13(16)11-3-4-12-10(7-11)5-6-19-12/h3-7,9H,8H2,1-2H3,(H,17,18). The first kappa shape index (κ1) is 13.5. The zero-order valence-electron chi connectivity index (χ0n) is 10.8. The molecule has 1 atom stereocenters. The number of carbonyl (C=O) groups excluding carboxylic acids is 1. The smallest absolute Gasteiger partial charge is 0.308 e.